The highest BCUT2D eigenvalue weighted by atomic mass is 16.6. The monoisotopic (exact) mass is 389 g/mol. The van der Waals surface area contributed by atoms with Crippen LogP contribution in [0.15, 0.2) is 24.3 Å². The normalized spacial score (nSPS) is 20.2. The van der Waals surface area contributed by atoms with E-state index in [0.29, 0.717) is 50.5 Å². The van der Waals surface area contributed by atoms with Crippen molar-refractivity contribution in [3.8, 4) is 5.75 Å². The molecule has 0 saturated carbocycles. The molecule has 2 aliphatic heterocycles. The number of amides is 3. The number of likely N-dealkylation sites (tertiary alicyclic amines) is 2. The van der Waals surface area contributed by atoms with Gasteiger partial charge in [-0.2, -0.15) is 0 Å². The summed E-state index contributed by atoms with van der Waals surface area (Å²) in [7, 11) is 1.55. The fraction of sp³-hybridized carbons (Fsp3) is 0.550. The van der Waals surface area contributed by atoms with Crippen molar-refractivity contribution in [2.45, 2.75) is 32.2 Å². The van der Waals surface area contributed by atoms with Crippen LogP contribution < -0.4 is 10.1 Å². The van der Waals surface area contributed by atoms with Gasteiger partial charge in [-0.1, -0.05) is 12.1 Å². The third kappa shape index (κ3) is 4.37. The van der Waals surface area contributed by atoms with E-state index in [1.807, 2.05) is 12.1 Å². The third-order valence-electron chi connectivity index (χ3n) is 5.33. The molecule has 1 atom stereocenters. The first-order chi connectivity index (χ1) is 13.5. The quantitative estimate of drug-likeness (QED) is 0.833. The van der Waals surface area contributed by atoms with Gasteiger partial charge >= 0.3 is 6.09 Å². The summed E-state index contributed by atoms with van der Waals surface area (Å²) in [4.78, 5) is 40.4. The minimum atomic E-state index is -0.388. The van der Waals surface area contributed by atoms with E-state index in [1.54, 1.807) is 36.0 Å². The summed E-state index contributed by atoms with van der Waals surface area (Å²) in [6, 6.07) is 7.26. The summed E-state index contributed by atoms with van der Waals surface area (Å²) >= 11 is 0. The van der Waals surface area contributed by atoms with Crippen molar-refractivity contribution in [3.63, 3.8) is 0 Å². The molecule has 8 nitrogen and oxygen atoms in total. The zero-order valence-corrected chi connectivity index (χ0v) is 16.3. The van der Waals surface area contributed by atoms with Gasteiger partial charge in [-0.25, -0.2) is 4.79 Å². The lowest BCUT2D eigenvalue weighted by molar-refractivity contribution is -0.130. The lowest BCUT2D eigenvalue weighted by Gasteiger charge is -2.36. The predicted molar refractivity (Wildman–Crippen MR) is 103 cm³/mol. The highest BCUT2D eigenvalue weighted by Gasteiger charge is 2.39. The Bertz CT molecular complexity index is 730. The molecule has 28 heavy (non-hydrogen) atoms. The van der Waals surface area contributed by atoms with Gasteiger partial charge in [-0.15, -0.1) is 0 Å². The van der Waals surface area contributed by atoms with Crippen molar-refractivity contribution in [3.05, 3.63) is 24.3 Å². The molecule has 1 unspecified atom stereocenters. The van der Waals surface area contributed by atoms with Crippen molar-refractivity contribution >= 4 is 23.6 Å². The molecule has 0 aromatic heterocycles. The van der Waals surface area contributed by atoms with E-state index in [4.69, 9.17) is 9.47 Å². The summed E-state index contributed by atoms with van der Waals surface area (Å²) in [5.74, 6) is 0.0166. The maximum atomic E-state index is 12.7. The summed E-state index contributed by atoms with van der Waals surface area (Å²) in [5.41, 5.74) is 0.601. The van der Waals surface area contributed by atoms with E-state index < -0.39 is 0 Å². The van der Waals surface area contributed by atoms with E-state index in [9.17, 15) is 14.4 Å². The molecule has 2 saturated heterocycles. The minimum absolute atomic E-state index is 0.00485. The molecule has 152 valence electrons. The topological polar surface area (TPSA) is 88.2 Å². The van der Waals surface area contributed by atoms with Crippen LogP contribution in [0.4, 0.5) is 10.5 Å². The average Bonchev–Trinajstić information content (AvgIpc) is 3.10. The molecule has 1 aromatic carbocycles. The van der Waals surface area contributed by atoms with Crippen LogP contribution >= 0.6 is 0 Å². The first kappa shape index (κ1) is 20.0. The Labute approximate surface area is 164 Å². The van der Waals surface area contributed by atoms with Crippen LogP contribution in [-0.4, -0.2) is 67.1 Å². The second-order valence-corrected chi connectivity index (χ2v) is 7.05. The fourth-order valence-electron chi connectivity index (χ4n) is 3.82. The van der Waals surface area contributed by atoms with Gasteiger partial charge < -0.3 is 24.6 Å². The van der Waals surface area contributed by atoms with Gasteiger partial charge in [0.2, 0.25) is 11.8 Å². The Kier molecular flexibility index (Phi) is 6.38. The molecule has 0 spiro atoms. The average molecular weight is 389 g/mol. The lowest BCUT2D eigenvalue weighted by atomic mass is 10.0. The van der Waals surface area contributed by atoms with Gasteiger partial charge in [0.05, 0.1) is 25.3 Å². The first-order valence-corrected chi connectivity index (χ1v) is 9.68. The van der Waals surface area contributed by atoms with E-state index in [0.717, 1.165) is 0 Å². The Morgan fingerprint density at radius 3 is 2.61 bits per heavy atom. The SMILES string of the molecule is CCOC(=O)N1CCC(N2CC(C(=O)Nc3ccccc3OC)CC2=O)CC1. The molecule has 0 aliphatic carbocycles. The lowest BCUT2D eigenvalue weighted by Crippen LogP contribution is -2.47. The van der Waals surface area contributed by atoms with E-state index in [2.05, 4.69) is 5.32 Å². The number of ether oxygens (including phenoxy) is 2. The molecule has 2 fully saturated rings. The standard InChI is InChI=1S/C20H27N3O5/c1-3-28-20(26)22-10-8-15(9-11-22)23-13-14(12-18(23)24)19(25)21-16-6-4-5-7-17(16)27-2/h4-7,14-15H,3,8-13H2,1-2H3,(H,21,25). The predicted octanol–water partition coefficient (Wildman–Crippen LogP) is 2.10. The number of nitrogens with one attached hydrogen (secondary N) is 1. The van der Waals surface area contributed by atoms with Gasteiger partial charge in [-0.3, -0.25) is 9.59 Å². The summed E-state index contributed by atoms with van der Waals surface area (Å²) in [5, 5.41) is 2.87. The summed E-state index contributed by atoms with van der Waals surface area (Å²) in [6.45, 7) is 3.66. The van der Waals surface area contributed by atoms with E-state index in [1.165, 1.54) is 0 Å². The molecule has 2 aliphatic rings. The Balaban J connectivity index is 1.55. The minimum Gasteiger partial charge on any atom is -0.495 e. The molecule has 1 aromatic rings. The van der Waals surface area contributed by atoms with Crippen molar-refractivity contribution in [2.75, 3.05) is 38.7 Å². The molecule has 0 bridgehead atoms. The highest BCUT2D eigenvalue weighted by molar-refractivity contribution is 5.98. The van der Waals surface area contributed by atoms with E-state index in [-0.39, 0.29) is 36.3 Å². The van der Waals surface area contributed by atoms with Crippen molar-refractivity contribution < 1.29 is 23.9 Å². The van der Waals surface area contributed by atoms with Gasteiger partial charge in [-0.05, 0) is 31.9 Å². The maximum absolute atomic E-state index is 12.7. The van der Waals surface area contributed by atoms with Crippen LogP contribution in [0.1, 0.15) is 26.2 Å². The number of benzene rings is 1. The molecule has 3 amide bonds. The fourth-order valence-corrected chi connectivity index (χ4v) is 3.82. The third-order valence-corrected chi connectivity index (χ3v) is 5.33. The number of hydrogen-bond acceptors (Lipinski definition) is 5. The molecule has 2 heterocycles. The van der Waals surface area contributed by atoms with E-state index >= 15 is 0 Å². The molecular weight excluding hydrogens is 362 g/mol. The molecule has 0 radical (unpaired) electrons. The summed E-state index contributed by atoms with van der Waals surface area (Å²) in [6.07, 6.45) is 1.30. The maximum Gasteiger partial charge on any atom is 0.409 e. The second-order valence-electron chi connectivity index (χ2n) is 7.05. The Morgan fingerprint density at radius 2 is 1.93 bits per heavy atom. The number of para-hydroxylation sites is 2. The van der Waals surface area contributed by atoms with Crippen LogP contribution in [-0.2, 0) is 14.3 Å². The number of nitrogens with zero attached hydrogens (tertiary/aromatic N) is 2. The van der Waals surface area contributed by atoms with Gasteiger partial charge in [0.25, 0.3) is 0 Å². The number of piperidine rings is 1. The van der Waals surface area contributed by atoms with Crippen molar-refractivity contribution in [1.82, 2.24) is 9.80 Å². The number of methoxy groups -OCH3 is 1. The number of hydrogen-bond donors (Lipinski definition) is 1. The molecule has 8 heteroatoms. The summed E-state index contributed by atoms with van der Waals surface area (Å²) < 4.78 is 10.3. The Hall–Kier alpha value is -2.77. The smallest absolute Gasteiger partial charge is 0.409 e. The van der Waals surface area contributed by atoms with Crippen molar-refractivity contribution in [1.29, 1.82) is 0 Å². The van der Waals surface area contributed by atoms with Crippen molar-refractivity contribution in [2.24, 2.45) is 5.92 Å². The largest absolute Gasteiger partial charge is 0.495 e. The zero-order chi connectivity index (χ0) is 20.1. The molecule has 1 N–H and O–H groups in total. The zero-order valence-electron chi connectivity index (χ0n) is 16.3. The van der Waals surface area contributed by atoms with Crippen LogP contribution in [0, 0.1) is 5.92 Å². The van der Waals surface area contributed by atoms with Gasteiger partial charge in [0.1, 0.15) is 5.75 Å². The van der Waals surface area contributed by atoms with Crippen LogP contribution in [0.5, 0.6) is 5.75 Å². The Morgan fingerprint density at radius 1 is 1.21 bits per heavy atom. The molecular formula is C20H27N3O5. The number of carbonyl (C=O) groups is 3. The van der Waals surface area contributed by atoms with Crippen LogP contribution in [0.2, 0.25) is 0 Å². The van der Waals surface area contributed by atoms with Crippen LogP contribution in [0.25, 0.3) is 0 Å². The van der Waals surface area contributed by atoms with Crippen LogP contribution in [0.3, 0.4) is 0 Å². The second kappa shape index (κ2) is 8.95. The van der Waals surface area contributed by atoms with Gasteiger partial charge in [0.15, 0.2) is 0 Å². The van der Waals surface area contributed by atoms with Gasteiger partial charge in [0, 0.05) is 32.1 Å². The highest BCUT2D eigenvalue weighted by Crippen LogP contribution is 2.28. The number of rotatable bonds is 5. The molecule has 3 rings (SSSR count). The first-order valence-electron chi connectivity index (χ1n) is 9.68. The number of carbonyl (C=O) groups excluding carboxylic acids is 3. The number of anilines is 1.